The van der Waals surface area contributed by atoms with E-state index in [1.165, 1.54) is 65.7 Å². The third-order valence-electron chi connectivity index (χ3n) is 7.40. The first-order valence-electron chi connectivity index (χ1n) is 11.2. The lowest BCUT2D eigenvalue weighted by atomic mass is 9.43. The van der Waals surface area contributed by atoms with Crippen LogP contribution in [0.4, 0.5) is 11.4 Å². The largest absolute Gasteiger partial charge is 0.376 e. The normalized spacial score (nSPS) is 13.5. The lowest BCUT2D eigenvalue weighted by Gasteiger charge is -2.42. The van der Waals surface area contributed by atoms with Crippen molar-refractivity contribution in [2.24, 2.45) is 0 Å². The van der Waals surface area contributed by atoms with E-state index in [1.54, 1.807) is 0 Å². The molecular weight excluding hydrogens is 385 g/mol. The van der Waals surface area contributed by atoms with Crippen LogP contribution in [0.2, 0.25) is 0 Å². The Labute approximate surface area is 186 Å². The molecule has 0 saturated carbocycles. The number of anilines is 2. The average Bonchev–Trinajstić information content (AvgIpc) is 2.87. The molecule has 0 aromatic heterocycles. The molecule has 2 heterocycles. The molecule has 0 unspecified atom stereocenters. The molecular formula is C30H18BN. The van der Waals surface area contributed by atoms with Crippen LogP contribution in [0.25, 0.3) is 43.4 Å². The number of benzene rings is 6. The Bertz CT molecular complexity index is 1750. The molecule has 0 N–H and O–H groups in total. The molecule has 0 fully saturated rings. The summed E-state index contributed by atoms with van der Waals surface area (Å²) in [7, 11) is 0. The highest BCUT2D eigenvalue weighted by Crippen LogP contribution is 2.48. The molecule has 6 aromatic rings. The minimum absolute atomic E-state index is 0.170. The first-order valence-corrected chi connectivity index (χ1v) is 11.2. The number of nitrogens with zero attached hydrogens (tertiary/aromatic N) is 1. The molecule has 6 aromatic carbocycles. The summed E-state index contributed by atoms with van der Waals surface area (Å²) in [4.78, 5) is 2.59. The number of hydrogen-bond acceptors (Lipinski definition) is 1. The van der Waals surface area contributed by atoms with Gasteiger partial charge in [-0.15, -0.1) is 0 Å². The Morgan fingerprint density at radius 3 is 2.09 bits per heavy atom. The van der Waals surface area contributed by atoms with Crippen LogP contribution < -0.4 is 15.7 Å². The van der Waals surface area contributed by atoms with Gasteiger partial charge in [0.05, 0.1) is 0 Å². The molecule has 0 radical (unpaired) electrons. The molecule has 0 atom stereocenters. The quantitative estimate of drug-likeness (QED) is 0.210. The summed E-state index contributed by atoms with van der Waals surface area (Å²) in [6.07, 6.45) is 0. The van der Waals surface area contributed by atoms with Gasteiger partial charge in [0.2, 0.25) is 0 Å². The zero-order valence-electron chi connectivity index (χ0n) is 17.4. The number of hydrogen-bond donors (Lipinski definition) is 0. The standard InChI is InChI=1S/C30H18BN/c1-2-10-22-19(7-1)17-18-27-30(22)23-11-3-4-12-24(23)31-25-13-5-8-20-15-16-21-9-6-14-26(32(27)31)29(21)28(20)25/h1-18H. The van der Waals surface area contributed by atoms with Gasteiger partial charge >= 0.3 is 6.85 Å². The van der Waals surface area contributed by atoms with Gasteiger partial charge in [-0.1, -0.05) is 97.1 Å². The van der Waals surface area contributed by atoms with E-state index < -0.39 is 0 Å². The van der Waals surface area contributed by atoms with Crippen LogP contribution in [-0.2, 0) is 0 Å². The van der Waals surface area contributed by atoms with Crippen molar-refractivity contribution >= 4 is 61.5 Å². The minimum atomic E-state index is 0.170. The SMILES string of the molecule is c1ccc2c(c1)B1c3cccc4ccc5cccc(c5c34)N1c1ccc3ccccc3c1-2. The van der Waals surface area contributed by atoms with Crippen molar-refractivity contribution in [2.75, 3.05) is 4.81 Å². The molecule has 0 saturated heterocycles. The molecule has 2 aliphatic rings. The predicted octanol–water partition coefficient (Wildman–Crippen LogP) is 6.38. The minimum Gasteiger partial charge on any atom is -0.376 e. The first-order chi connectivity index (χ1) is 15.9. The van der Waals surface area contributed by atoms with Crippen LogP contribution in [0.15, 0.2) is 109 Å². The van der Waals surface area contributed by atoms with Gasteiger partial charge in [-0.2, -0.15) is 0 Å². The average molecular weight is 403 g/mol. The second-order valence-corrected chi connectivity index (χ2v) is 8.93. The maximum Gasteiger partial charge on any atom is 0.329 e. The zero-order valence-corrected chi connectivity index (χ0v) is 17.4. The summed E-state index contributed by atoms with van der Waals surface area (Å²) < 4.78 is 0. The molecule has 32 heavy (non-hydrogen) atoms. The maximum absolute atomic E-state index is 2.59. The lowest BCUT2D eigenvalue weighted by molar-refractivity contribution is 1.39. The van der Waals surface area contributed by atoms with Crippen molar-refractivity contribution in [3.8, 4) is 11.1 Å². The van der Waals surface area contributed by atoms with E-state index in [4.69, 9.17) is 0 Å². The number of fused-ring (bicyclic) bond motifs is 10. The third kappa shape index (κ3) is 1.91. The summed E-state index contributed by atoms with van der Waals surface area (Å²) >= 11 is 0. The summed E-state index contributed by atoms with van der Waals surface area (Å²) in [5.74, 6) is 0. The molecule has 2 heteroatoms. The summed E-state index contributed by atoms with van der Waals surface area (Å²) in [5, 5.41) is 8.01. The van der Waals surface area contributed by atoms with Crippen molar-refractivity contribution < 1.29 is 0 Å². The fourth-order valence-electron chi connectivity index (χ4n) is 6.15. The number of rotatable bonds is 0. The van der Waals surface area contributed by atoms with E-state index in [-0.39, 0.29) is 6.85 Å². The lowest BCUT2D eigenvalue weighted by Crippen LogP contribution is -2.59. The second kappa shape index (κ2) is 5.80. The van der Waals surface area contributed by atoms with E-state index in [2.05, 4.69) is 114 Å². The van der Waals surface area contributed by atoms with Crippen molar-refractivity contribution in [3.63, 3.8) is 0 Å². The Kier molecular flexibility index (Phi) is 3.02. The monoisotopic (exact) mass is 403 g/mol. The molecule has 0 bridgehead atoms. The smallest absolute Gasteiger partial charge is 0.329 e. The van der Waals surface area contributed by atoms with Crippen LogP contribution in [0.5, 0.6) is 0 Å². The summed E-state index contributed by atoms with van der Waals surface area (Å²) in [6, 6.07) is 40.5. The molecule has 8 rings (SSSR count). The van der Waals surface area contributed by atoms with E-state index >= 15 is 0 Å². The van der Waals surface area contributed by atoms with Crippen LogP contribution >= 0.6 is 0 Å². The second-order valence-electron chi connectivity index (χ2n) is 8.93. The Morgan fingerprint density at radius 2 is 1.16 bits per heavy atom. The highest BCUT2D eigenvalue weighted by Gasteiger charge is 2.41. The molecule has 146 valence electrons. The van der Waals surface area contributed by atoms with Crippen molar-refractivity contribution in [2.45, 2.75) is 0 Å². The van der Waals surface area contributed by atoms with Gasteiger partial charge in [0.25, 0.3) is 0 Å². The maximum atomic E-state index is 2.59. The Balaban J connectivity index is 1.62. The van der Waals surface area contributed by atoms with Gasteiger partial charge in [0, 0.05) is 22.3 Å². The van der Waals surface area contributed by atoms with Gasteiger partial charge in [-0.05, 0) is 55.6 Å². The van der Waals surface area contributed by atoms with Crippen molar-refractivity contribution in [1.29, 1.82) is 0 Å². The van der Waals surface area contributed by atoms with Crippen molar-refractivity contribution in [1.82, 2.24) is 0 Å². The molecule has 0 aliphatic carbocycles. The topological polar surface area (TPSA) is 3.24 Å². The highest BCUT2D eigenvalue weighted by atomic mass is 15.1. The van der Waals surface area contributed by atoms with Crippen LogP contribution in [0, 0.1) is 0 Å². The van der Waals surface area contributed by atoms with Gasteiger partial charge in [0.1, 0.15) is 0 Å². The zero-order chi connectivity index (χ0) is 20.8. The van der Waals surface area contributed by atoms with E-state index in [1.807, 2.05) is 0 Å². The van der Waals surface area contributed by atoms with Crippen molar-refractivity contribution in [3.05, 3.63) is 109 Å². The van der Waals surface area contributed by atoms with E-state index in [0.29, 0.717) is 0 Å². The van der Waals surface area contributed by atoms with Crippen LogP contribution in [0.1, 0.15) is 0 Å². The summed E-state index contributed by atoms with van der Waals surface area (Å²) in [5.41, 5.74) is 8.09. The van der Waals surface area contributed by atoms with Gasteiger partial charge < -0.3 is 4.81 Å². The van der Waals surface area contributed by atoms with Gasteiger partial charge in [-0.3, -0.25) is 0 Å². The van der Waals surface area contributed by atoms with E-state index in [0.717, 1.165) is 0 Å². The van der Waals surface area contributed by atoms with Crippen LogP contribution in [0.3, 0.4) is 0 Å². The Morgan fingerprint density at radius 1 is 0.469 bits per heavy atom. The molecule has 0 amide bonds. The first kappa shape index (κ1) is 16.6. The molecule has 2 aliphatic heterocycles. The highest BCUT2D eigenvalue weighted by molar-refractivity contribution is 6.93. The fourth-order valence-corrected chi connectivity index (χ4v) is 6.15. The van der Waals surface area contributed by atoms with Gasteiger partial charge in [0.15, 0.2) is 0 Å². The Hall–Kier alpha value is -4.04. The molecule has 1 nitrogen and oxygen atoms in total. The summed E-state index contributed by atoms with van der Waals surface area (Å²) in [6.45, 7) is 0.170. The van der Waals surface area contributed by atoms with Gasteiger partial charge in [-0.25, -0.2) is 0 Å². The predicted molar refractivity (Wildman–Crippen MR) is 138 cm³/mol. The fraction of sp³-hybridized carbons (Fsp3) is 0. The van der Waals surface area contributed by atoms with Crippen LogP contribution in [-0.4, -0.2) is 6.85 Å². The third-order valence-corrected chi connectivity index (χ3v) is 7.40. The molecule has 0 spiro atoms. The van der Waals surface area contributed by atoms with E-state index in [9.17, 15) is 0 Å².